The van der Waals surface area contributed by atoms with Crippen molar-refractivity contribution in [3.05, 3.63) is 53.9 Å². The number of rotatable bonds is 4. The van der Waals surface area contributed by atoms with Crippen molar-refractivity contribution in [2.45, 2.75) is 11.8 Å². The number of carbonyl (C=O) groups excluding carboxylic acids is 1. The van der Waals surface area contributed by atoms with E-state index < -0.39 is 15.9 Å². The quantitative estimate of drug-likeness (QED) is 0.752. The number of nitrogens with zero attached hydrogens (tertiary/aromatic N) is 2. The smallest absolute Gasteiger partial charge is 0.261 e. The van der Waals surface area contributed by atoms with Gasteiger partial charge in [0.25, 0.3) is 10.0 Å². The molecule has 1 amide bonds. The fourth-order valence-electron chi connectivity index (χ4n) is 2.38. The first-order valence-electron chi connectivity index (χ1n) is 7.14. The van der Waals surface area contributed by atoms with Crippen LogP contribution in [0.3, 0.4) is 0 Å². The molecule has 124 valence electrons. The second-order valence-corrected chi connectivity index (χ2v) is 7.10. The minimum absolute atomic E-state index is 0.118. The van der Waals surface area contributed by atoms with Gasteiger partial charge in [-0.3, -0.25) is 9.52 Å². The molecule has 0 saturated carbocycles. The summed E-state index contributed by atoms with van der Waals surface area (Å²) in [6.45, 7) is 1.85. The Labute approximate surface area is 139 Å². The molecule has 0 saturated heterocycles. The van der Waals surface area contributed by atoms with E-state index in [-0.39, 0.29) is 4.90 Å². The minimum Gasteiger partial charge on any atom is -0.366 e. The van der Waals surface area contributed by atoms with Crippen LogP contribution in [0.15, 0.2) is 47.4 Å². The molecular formula is C16H16N4O3S. The molecule has 0 spiro atoms. The second kappa shape index (κ2) is 5.64. The Morgan fingerprint density at radius 3 is 2.46 bits per heavy atom. The van der Waals surface area contributed by atoms with Crippen molar-refractivity contribution in [1.82, 2.24) is 9.55 Å². The van der Waals surface area contributed by atoms with E-state index in [0.717, 1.165) is 11.3 Å². The van der Waals surface area contributed by atoms with Crippen LogP contribution in [-0.2, 0) is 17.1 Å². The fourth-order valence-corrected chi connectivity index (χ4v) is 3.46. The summed E-state index contributed by atoms with van der Waals surface area (Å²) in [5.74, 6) is 0.231. The molecule has 3 rings (SSSR count). The van der Waals surface area contributed by atoms with Crippen molar-refractivity contribution in [1.29, 1.82) is 0 Å². The molecule has 0 aliphatic heterocycles. The molecule has 0 atom stereocenters. The Morgan fingerprint density at radius 1 is 1.17 bits per heavy atom. The number of aromatic nitrogens is 2. The largest absolute Gasteiger partial charge is 0.366 e. The zero-order chi connectivity index (χ0) is 17.5. The first kappa shape index (κ1) is 16.0. The highest BCUT2D eigenvalue weighted by Crippen LogP contribution is 2.21. The van der Waals surface area contributed by atoms with Gasteiger partial charge in [-0.1, -0.05) is 0 Å². The van der Waals surface area contributed by atoms with Crippen molar-refractivity contribution in [3.63, 3.8) is 0 Å². The van der Waals surface area contributed by atoms with E-state index in [1.165, 1.54) is 36.4 Å². The average molecular weight is 344 g/mol. The molecule has 24 heavy (non-hydrogen) atoms. The van der Waals surface area contributed by atoms with E-state index in [1.807, 2.05) is 18.5 Å². The van der Waals surface area contributed by atoms with Crippen LogP contribution in [0.25, 0.3) is 11.0 Å². The lowest BCUT2D eigenvalue weighted by Gasteiger charge is -2.08. The summed E-state index contributed by atoms with van der Waals surface area (Å²) < 4.78 is 29.4. The highest BCUT2D eigenvalue weighted by molar-refractivity contribution is 7.92. The summed E-state index contributed by atoms with van der Waals surface area (Å²) in [5.41, 5.74) is 7.29. The van der Waals surface area contributed by atoms with Crippen molar-refractivity contribution in [2.75, 3.05) is 4.72 Å². The van der Waals surface area contributed by atoms with Crippen molar-refractivity contribution in [2.24, 2.45) is 12.8 Å². The summed E-state index contributed by atoms with van der Waals surface area (Å²) >= 11 is 0. The molecule has 0 bridgehead atoms. The van der Waals surface area contributed by atoms with E-state index in [0.29, 0.717) is 16.8 Å². The summed E-state index contributed by atoms with van der Waals surface area (Å²) in [4.78, 5) is 15.5. The van der Waals surface area contributed by atoms with Gasteiger partial charge in [0.2, 0.25) is 5.91 Å². The molecule has 3 N–H and O–H groups in total. The summed E-state index contributed by atoms with van der Waals surface area (Å²) in [7, 11) is -1.88. The molecule has 2 aromatic carbocycles. The molecule has 7 nitrogen and oxygen atoms in total. The third kappa shape index (κ3) is 2.83. The monoisotopic (exact) mass is 344 g/mol. The van der Waals surface area contributed by atoms with Crippen molar-refractivity contribution < 1.29 is 13.2 Å². The number of amides is 1. The van der Waals surface area contributed by atoms with Crippen molar-refractivity contribution >= 4 is 32.7 Å². The highest BCUT2D eigenvalue weighted by atomic mass is 32.2. The predicted octanol–water partition coefficient (Wildman–Crippen LogP) is 1.78. The normalized spacial score (nSPS) is 11.6. The third-order valence-corrected chi connectivity index (χ3v) is 5.19. The van der Waals surface area contributed by atoms with Gasteiger partial charge in [0.15, 0.2) is 0 Å². The number of fused-ring (bicyclic) bond motifs is 1. The highest BCUT2D eigenvalue weighted by Gasteiger charge is 2.16. The first-order chi connectivity index (χ1) is 11.3. The minimum atomic E-state index is -3.76. The van der Waals surface area contributed by atoms with Gasteiger partial charge in [-0.2, -0.15) is 0 Å². The number of primary amides is 1. The van der Waals surface area contributed by atoms with Crippen LogP contribution in [0.1, 0.15) is 16.2 Å². The molecule has 1 aromatic heterocycles. The lowest BCUT2D eigenvalue weighted by molar-refractivity contribution is 0.100. The van der Waals surface area contributed by atoms with Crippen LogP contribution in [0.2, 0.25) is 0 Å². The van der Waals surface area contributed by atoms with Gasteiger partial charge in [-0.05, 0) is 49.4 Å². The van der Waals surface area contributed by atoms with Gasteiger partial charge in [0, 0.05) is 18.3 Å². The number of benzene rings is 2. The van der Waals surface area contributed by atoms with Crippen LogP contribution >= 0.6 is 0 Å². The van der Waals surface area contributed by atoms with E-state index in [4.69, 9.17) is 5.73 Å². The Hall–Kier alpha value is -2.87. The lowest BCUT2D eigenvalue weighted by atomic mass is 10.2. The van der Waals surface area contributed by atoms with E-state index >= 15 is 0 Å². The van der Waals surface area contributed by atoms with Gasteiger partial charge in [0.1, 0.15) is 5.82 Å². The molecule has 0 fully saturated rings. The Kier molecular flexibility index (Phi) is 3.76. The first-order valence-corrected chi connectivity index (χ1v) is 8.62. The number of hydrogen-bond acceptors (Lipinski definition) is 4. The predicted molar refractivity (Wildman–Crippen MR) is 91.2 cm³/mol. The Morgan fingerprint density at radius 2 is 1.83 bits per heavy atom. The molecule has 3 aromatic rings. The number of nitrogens with one attached hydrogen (secondary N) is 1. The topological polar surface area (TPSA) is 107 Å². The van der Waals surface area contributed by atoms with Crippen LogP contribution in [0, 0.1) is 6.92 Å². The maximum absolute atomic E-state index is 12.5. The Balaban J connectivity index is 1.93. The van der Waals surface area contributed by atoms with Gasteiger partial charge in [-0.15, -0.1) is 0 Å². The van der Waals surface area contributed by atoms with Crippen LogP contribution in [0.4, 0.5) is 5.69 Å². The zero-order valence-corrected chi connectivity index (χ0v) is 14.0. The van der Waals surface area contributed by atoms with Crippen LogP contribution < -0.4 is 10.5 Å². The maximum Gasteiger partial charge on any atom is 0.261 e. The number of imidazole rings is 1. The van der Waals surface area contributed by atoms with Gasteiger partial charge in [-0.25, -0.2) is 13.4 Å². The van der Waals surface area contributed by atoms with E-state index in [1.54, 1.807) is 6.07 Å². The number of nitrogens with two attached hydrogens (primary N) is 1. The summed E-state index contributed by atoms with van der Waals surface area (Å²) in [6, 6.07) is 10.7. The second-order valence-electron chi connectivity index (χ2n) is 5.42. The molecule has 0 unspecified atom stereocenters. The number of anilines is 1. The fraction of sp³-hybridized carbons (Fsp3) is 0.125. The van der Waals surface area contributed by atoms with Gasteiger partial charge >= 0.3 is 0 Å². The molecular weight excluding hydrogens is 328 g/mol. The number of sulfonamides is 1. The van der Waals surface area contributed by atoms with Crippen LogP contribution in [-0.4, -0.2) is 23.9 Å². The molecule has 0 aliphatic rings. The number of aryl methyl sites for hydroxylation is 2. The van der Waals surface area contributed by atoms with E-state index in [2.05, 4.69) is 9.71 Å². The zero-order valence-electron chi connectivity index (χ0n) is 13.1. The number of carbonyl (C=O) groups is 1. The average Bonchev–Trinajstić information content (AvgIpc) is 2.82. The molecule has 0 radical (unpaired) electrons. The molecule has 1 heterocycles. The van der Waals surface area contributed by atoms with E-state index in [9.17, 15) is 13.2 Å². The molecule has 8 heteroatoms. The lowest BCUT2D eigenvalue weighted by Crippen LogP contribution is -2.14. The molecule has 0 aliphatic carbocycles. The SMILES string of the molecule is Cc1nc2cc(S(=O)(=O)Nc3ccc(C(N)=O)cc3)ccc2n1C. The third-order valence-electron chi connectivity index (χ3n) is 3.81. The Bertz CT molecular complexity index is 1040. The van der Waals surface area contributed by atoms with Gasteiger partial charge < -0.3 is 10.3 Å². The van der Waals surface area contributed by atoms with Crippen molar-refractivity contribution in [3.8, 4) is 0 Å². The van der Waals surface area contributed by atoms with Gasteiger partial charge in [0.05, 0.1) is 15.9 Å². The standard InChI is InChI=1S/C16H16N4O3S/c1-10-18-14-9-13(7-8-15(14)20(10)2)24(22,23)19-12-5-3-11(4-6-12)16(17)21/h3-9,19H,1-2H3,(H2,17,21). The summed E-state index contributed by atoms with van der Waals surface area (Å²) in [6.07, 6.45) is 0. The van der Waals surface area contributed by atoms with Crippen LogP contribution in [0.5, 0.6) is 0 Å². The number of hydrogen-bond donors (Lipinski definition) is 2. The summed E-state index contributed by atoms with van der Waals surface area (Å²) in [5, 5.41) is 0. The maximum atomic E-state index is 12.5.